The minimum atomic E-state index is -0.962. The maximum atomic E-state index is 13.5. The van der Waals surface area contributed by atoms with E-state index in [9.17, 15) is 19.5 Å². The largest absolute Gasteiger partial charge is 0.486 e. The number of carboxylic acid groups (broad SMARTS) is 1. The van der Waals surface area contributed by atoms with E-state index in [1.807, 2.05) is 20.9 Å². The van der Waals surface area contributed by atoms with Crippen LogP contribution in [0.2, 0.25) is 0 Å². The number of aliphatic hydroxyl groups is 1. The SMILES string of the molecule is C[C@H](CO)N1C[C@H](C)[C@H](CN(C)Cc2ccc(C(=O)O)cc2)Oc2c(NC(=O)C3CC3)cccc2C1=O. The van der Waals surface area contributed by atoms with Gasteiger partial charge in [0.1, 0.15) is 6.10 Å². The van der Waals surface area contributed by atoms with Crippen LogP contribution >= 0.6 is 0 Å². The molecule has 37 heavy (non-hydrogen) atoms. The summed E-state index contributed by atoms with van der Waals surface area (Å²) in [5.74, 6) is -0.993. The number of para-hydroxylation sites is 1. The molecule has 9 heteroatoms. The molecule has 1 aliphatic carbocycles. The molecule has 1 fully saturated rings. The molecule has 0 bridgehead atoms. The molecule has 0 radical (unpaired) electrons. The fourth-order valence-corrected chi connectivity index (χ4v) is 4.58. The second kappa shape index (κ2) is 11.3. The maximum absolute atomic E-state index is 13.5. The first kappa shape index (κ1) is 26.6. The third-order valence-electron chi connectivity index (χ3n) is 7.04. The van der Waals surface area contributed by atoms with Gasteiger partial charge in [0.15, 0.2) is 5.75 Å². The van der Waals surface area contributed by atoms with Crippen molar-refractivity contribution in [1.82, 2.24) is 9.80 Å². The molecule has 0 spiro atoms. The van der Waals surface area contributed by atoms with Gasteiger partial charge in [0.25, 0.3) is 5.91 Å². The lowest BCUT2D eigenvalue weighted by molar-refractivity contribution is -0.117. The van der Waals surface area contributed by atoms with Crippen molar-refractivity contribution < 1.29 is 29.3 Å². The van der Waals surface area contributed by atoms with E-state index in [1.54, 1.807) is 47.4 Å². The lowest BCUT2D eigenvalue weighted by Crippen LogP contribution is -2.49. The van der Waals surface area contributed by atoms with Gasteiger partial charge < -0.3 is 25.2 Å². The quantitative estimate of drug-likeness (QED) is 0.475. The van der Waals surface area contributed by atoms with Crippen LogP contribution in [0.3, 0.4) is 0 Å². The van der Waals surface area contributed by atoms with Gasteiger partial charge in [-0.2, -0.15) is 0 Å². The molecule has 0 aromatic heterocycles. The molecule has 3 atom stereocenters. The Balaban J connectivity index is 1.60. The van der Waals surface area contributed by atoms with Crippen molar-refractivity contribution in [2.75, 3.05) is 32.1 Å². The molecule has 4 rings (SSSR count). The lowest BCUT2D eigenvalue weighted by Gasteiger charge is -2.38. The zero-order chi connectivity index (χ0) is 26.7. The Morgan fingerprint density at radius 2 is 1.89 bits per heavy atom. The van der Waals surface area contributed by atoms with E-state index >= 15 is 0 Å². The Bertz CT molecular complexity index is 1150. The van der Waals surface area contributed by atoms with Gasteiger partial charge in [-0.1, -0.05) is 25.1 Å². The normalized spacial score (nSPS) is 20.5. The molecule has 0 saturated heterocycles. The molecule has 198 valence electrons. The number of fused-ring (bicyclic) bond motifs is 1. The predicted octanol–water partition coefficient (Wildman–Crippen LogP) is 3.09. The minimum absolute atomic E-state index is 0.000563. The Hall–Kier alpha value is -3.43. The van der Waals surface area contributed by atoms with Crippen molar-refractivity contribution in [3.8, 4) is 5.75 Å². The number of aromatic carboxylic acids is 1. The van der Waals surface area contributed by atoms with Crippen LogP contribution in [0.4, 0.5) is 5.69 Å². The Morgan fingerprint density at radius 1 is 1.19 bits per heavy atom. The first-order valence-corrected chi connectivity index (χ1v) is 12.7. The van der Waals surface area contributed by atoms with Crippen molar-refractivity contribution in [3.63, 3.8) is 0 Å². The highest BCUT2D eigenvalue weighted by molar-refractivity contribution is 6.02. The fraction of sp³-hybridized carbons (Fsp3) is 0.464. The number of benzene rings is 2. The summed E-state index contributed by atoms with van der Waals surface area (Å²) in [5.41, 5.74) is 2.04. The van der Waals surface area contributed by atoms with Crippen molar-refractivity contribution in [2.45, 2.75) is 45.4 Å². The predicted molar refractivity (Wildman–Crippen MR) is 139 cm³/mol. The second-order valence-corrected chi connectivity index (χ2v) is 10.3. The van der Waals surface area contributed by atoms with E-state index in [0.29, 0.717) is 36.6 Å². The van der Waals surface area contributed by atoms with Gasteiger partial charge in [-0.25, -0.2) is 4.79 Å². The molecule has 3 N–H and O–H groups in total. The molecule has 2 amide bonds. The first-order valence-electron chi connectivity index (χ1n) is 12.7. The number of aliphatic hydroxyl groups excluding tert-OH is 1. The van der Waals surface area contributed by atoms with E-state index in [2.05, 4.69) is 10.2 Å². The van der Waals surface area contributed by atoms with Gasteiger partial charge in [0.05, 0.1) is 29.5 Å². The number of amides is 2. The monoisotopic (exact) mass is 509 g/mol. The summed E-state index contributed by atoms with van der Waals surface area (Å²) in [6.07, 6.45) is 1.41. The Kier molecular flexibility index (Phi) is 8.14. The van der Waals surface area contributed by atoms with E-state index in [4.69, 9.17) is 9.84 Å². The molecule has 1 aliphatic heterocycles. The van der Waals surface area contributed by atoms with Crippen molar-refractivity contribution in [3.05, 3.63) is 59.2 Å². The summed E-state index contributed by atoms with van der Waals surface area (Å²) >= 11 is 0. The van der Waals surface area contributed by atoms with Gasteiger partial charge in [-0.05, 0) is 56.6 Å². The number of likely N-dealkylation sites (N-methyl/N-ethyl adjacent to an activating group) is 1. The van der Waals surface area contributed by atoms with Gasteiger partial charge in [0, 0.05) is 31.5 Å². The van der Waals surface area contributed by atoms with Crippen molar-refractivity contribution in [2.24, 2.45) is 11.8 Å². The molecule has 2 aromatic rings. The summed E-state index contributed by atoms with van der Waals surface area (Å²) in [6.45, 7) is 5.18. The number of nitrogens with one attached hydrogen (secondary N) is 1. The molecular weight excluding hydrogens is 474 g/mol. The third-order valence-corrected chi connectivity index (χ3v) is 7.04. The lowest BCUT2D eigenvalue weighted by atomic mass is 9.98. The van der Waals surface area contributed by atoms with E-state index in [-0.39, 0.29) is 48.0 Å². The number of hydrogen-bond donors (Lipinski definition) is 3. The molecule has 2 aromatic carbocycles. The molecule has 9 nitrogen and oxygen atoms in total. The number of ether oxygens (including phenoxy) is 1. The maximum Gasteiger partial charge on any atom is 0.335 e. The number of rotatable bonds is 9. The van der Waals surface area contributed by atoms with Gasteiger partial charge in [-0.15, -0.1) is 0 Å². The summed E-state index contributed by atoms with van der Waals surface area (Å²) in [6, 6.07) is 11.6. The van der Waals surface area contributed by atoms with Crippen LogP contribution < -0.4 is 10.1 Å². The van der Waals surface area contributed by atoms with Crippen LogP contribution in [0.15, 0.2) is 42.5 Å². The van der Waals surface area contributed by atoms with Gasteiger partial charge in [0.2, 0.25) is 5.91 Å². The van der Waals surface area contributed by atoms with Crippen LogP contribution in [-0.2, 0) is 11.3 Å². The minimum Gasteiger partial charge on any atom is -0.486 e. The van der Waals surface area contributed by atoms with Gasteiger partial charge in [-0.3, -0.25) is 14.5 Å². The van der Waals surface area contributed by atoms with Gasteiger partial charge >= 0.3 is 5.97 Å². The summed E-state index contributed by atoms with van der Waals surface area (Å²) < 4.78 is 6.53. The molecule has 2 aliphatic rings. The smallest absolute Gasteiger partial charge is 0.335 e. The number of hydrogen-bond acceptors (Lipinski definition) is 6. The summed E-state index contributed by atoms with van der Waals surface area (Å²) in [5, 5.41) is 21.9. The van der Waals surface area contributed by atoms with Crippen LogP contribution in [0, 0.1) is 11.8 Å². The average molecular weight is 510 g/mol. The third kappa shape index (κ3) is 6.29. The van der Waals surface area contributed by atoms with Crippen molar-refractivity contribution in [1.29, 1.82) is 0 Å². The van der Waals surface area contributed by atoms with Crippen molar-refractivity contribution >= 4 is 23.5 Å². The molecule has 1 saturated carbocycles. The number of anilines is 1. The first-order chi connectivity index (χ1) is 17.7. The number of carbonyl (C=O) groups is 3. The summed E-state index contributed by atoms with van der Waals surface area (Å²) in [4.78, 5) is 41.0. The second-order valence-electron chi connectivity index (χ2n) is 10.3. The number of nitrogens with zero attached hydrogens (tertiary/aromatic N) is 2. The number of carbonyl (C=O) groups excluding carboxylic acids is 2. The Labute approximate surface area is 217 Å². The van der Waals surface area contributed by atoms with E-state index in [0.717, 1.165) is 18.4 Å². The zero-order valence-electron chi connectivity index (χ0n) is 21.5. The van der Waals surface area contributed by atoms with E-state index < -0.39 is 5.97 Å². The fourth-order valence-electron chi connectivity index (χ4n) is 4.58. The standard InChI is InChI=1S/C28H35N3O6/c1-17-13-31(18(2)16-32)27(34)22-5-4-6-23(29-26(33)20-11-12-20)25(22)37-24(17)15-30(3)14-19-7-9-21(10-8-19)28(35)36/h4-10,17-18,20,24,32H,11-16H2,1-3H3,(H,29,33)(H,35,36)/t17-,18+,24-/m0/s1. The van der Waals surface area contributed by atoms with Crippen LogP contribution in [0.5, 0.6) is 5.75 Å². The van der Waals surface area contributed by atoms with Crippen LogP contribution in [0.1, 0.15) is 53.0 Å². The molecule has 0 unspecified atom stereocenters. The topological polar surface area (TPSA) is 119 Å². The van der Waals surface area contributed by atoms with Crippen LogP contribution in [0.25, 0.3) is 0 Å². The number of carboxylic acids is 1. The molecular formula is C28H35N3O6. The highest BCUT2D eigenvalue weighted by atomic mass is 16.5. The average Bonchev–Trinajstić information content (AvgIpc) is 3.72. The van der Waals surface area contributed by atoms with Crippen LogP contribution in [-0.4, -0.2) is 76.7 Å². The summed E-state index contributed by atoms with van der Waals surface area (Å²) in [7, 11) is 1.96. The molecule has 1 heterocycles. The Morgan fingerprint density at radius 3 is 2.51 bits per heavy atom. The highest BCUT2D eigenvalue weighted by Crippen LogP contribution is 2.37. The zero-order valence-corrected chi connectivity index (χ0v) is 21.5. The highest BCUT2D eigenvalue weighted by Gasteiger charge is 2.36. The van der Waals surface area contributed by atoms with E-state index in [1.165, 1.54) is 0 Å².